The van der Waals surface area contributed by atoms with Gasteiger partial charge in [-0.15, -0.1) is 0 Å². The number of rotatable bonds is 6. The molecule has 9 heteroatoms. The molecule has 0 spiro atoms. The summed E-state index contributed by atoms with van der Waals surface area (Å²) < 4.78 is 8.06. The summed E-state index contributed by atoms with van der Waals surface area (Å²) in [5.41, 5.74) is 2.52. The number of imide groups is 1. The normalized spacial score (nSPS) is 14.9. The summed E-state index contributed by atoms with van der Waals surface area (Å²) >= 11 is 17.4. The molecule has 0 bridgehead atoms. The molecule has 1 aliphatic rings. The maximum Gasteiger partial charge on any atom is 0.293 e. The summed E-state index contributed by atoms with van der Waals surface area (Å²) in [4.78, 5) is 27.2. The van der Waals surface area contributed by atoms with E-state index < -0.39 is 0 Å². The molecule has 0 radical (unpaired) electrons. The van der Waals surface area contributed by atoms with E-state index in [9.17, 15) is 9.59 Å². The third-order valence-corrected chi connectivity index (χ3v) is 7.82. The lowest BCUT2D eigenvalue weighted by Crippen LogP contribution is -2.27. The van der Waals surface area contributed by atoms with E-state index in [0.29, 0.717) is 27.3 Å². The Balaban J connectivity index is 1.59. The Bertz CT molecular complexity index is 1270. The first-order chi connectivity index (χ1) is 15.8. The van der Waals surface area contributed by atoms with Gasteiger partial charge in [0.2, 0.25) is 0 Å². The molecule has 2 amide bonds. The van der Waals surface area contributed by atoms with Crippen LogP contribution < -0.4 is 4.74 Å². The van der Waals surface area contributed by atoms with Gasteiger partial charge in [0.15, 0.2) is 0 Å². The van der Waals surface area contributed by atoms with Crippen molar-refractivity contribution < 1.29 is 14.3 Å². The van der Waals surface area contributed by atoms with Crippen molar-refractivity contribution in [1.82, 2.24) is 4.90 Å². The first kappa shape index (κ1) is 24.8. The average molecular weight is 722 g/mol. The van der Waals surface area contributed by atoms with Crippen molar-refractivity contribution in [1.29, 1.82) is 0 Å². The molecule has 168 valence electrons. The number of carbonyl (C=O) groups excluding carboxylic acids is 2. The first-order valence-corrected chi connectivity index (χ1v) is 13.4. The molecular formula is C24H15Cl2I2NO3S. The highest BCUT2D eigenvalue weighted by atomic mass is 127. The van der Waals surface area contributed by atoms with E-state index in [4.69, 9.17) is 27.9 Å². The SMILES string of the molecule is O=C1S/C(=C\c2cc(I)cc(I)c2OCc2ccccc2)C(=O)N1Cc1ccc(Cl)c(Cl)c1. The fraction of sp³-hybridized carbons (Fsp3) is 0.0833. The number of hydrogen-bond acceptors (Lipinski definition) is 4. The van der Waals surface area contributed by atoms with Crippen LogP contribution in [0.25, 0.3) is 6.08 Å². The monoisotopic (exact) mass is 721 g/mol. The van der Waals surface area contributed by atoms with Crippen LogP contribution in [0.3, 0.4) is 0 Å². The molecule has 1 saturated heterocycles. The number of halogens is 4. The molecule has 33 heavy (non-hydrogen) atoms. The predicted octanol–water partition coefficient (Wildman–Crippen LogP) is 8.02. The Morgan fingerprint density at radius 3 is 2.42 bits per heavy atom. The van der Waals surface area contributed by atoms with Gasteiger partial charge in [-0.25, -0.2) is 0 Å². The van der Waals surface area contributed by atoms with Gasteiger partial charge >= 0.3 is 0 Å². The molecular weight excluding hydrogens is 707 g/mol. The number of carbonyl (C=O) groups is 2. The minimum absolute atomic E-state index is 0.125. The van der Waals surface area contributed by atoms with Gasteiger partial charge in [-0.3, -0.25) is 14.5 Å². The summed E-state index contributed by atoms with van der Waals surface area (Å²) in [5.74, 6) is 0.329. The van der Waals surface area contributed by atoms with E-state index in [0.717, 1.165) is 35.6 Å². The Morgan fingerprint density at radius 2 is 1.70 bits per heavy atom. The van der Waals surface area contributed by atoms with Gasteiger partial charge in [-0.2, -0.15) is 0 Å². The molecule has 0 N–H and O–H groups in total. The Morgan fingerprint density at radius 1 is 0.939 bits per heavy atom. The van der Waals surface area contributed by atoms with Crippen molar-refractivity contribution in [3.8, 4) is 5.75 Å². The van der Waals surface area contributed by atoms with Crippen molar-refractivity contribution in [2.24, 2.45) is 0 Å². The lowest BCUT2D eigenvalue weighted by molar-refractivity contribution is -0.123. The molecule has 1 heterocycles. The summed E-state index contributed by atoms with van der Waals surface area (Å²) in [6.07, 6.45) is 1.73. The minimum Gasteiger partial charge on any atom is -0.487 e. The fourth-order valence-corrected chi connectivity index (χ4v) is 6.36. The minimum atomic E-state index is -0.348. The van der Waals surface area contributed by atoms with Crippen molar-refractivity contribution in [3.63, 3.8) is 0 Å². The zero-order valence-corrected chi connectivity index (χ0v) is 23.5. The number of hydrogen-bond donors (Lipinski definition) is 0. The van der Waals surface area contributed by atoms with Gasteiger partial charge < -0.3 is 4.74 Å². The van der Waals surface area contributed by atoms with Gasteiger partial charge in [0.25, 0.3) is 11.1 Å². The molecule has 0 aromatic heterocycles. The molecule has 1 fully saturated rings. The van der Waals surface area contributed by atoms with Gasteiger partial charge in [-0.1, -0.05) is 59.6 Å². The zero-order chi connectivity index (χ0) is 23.5. The smallest absolute Gasteiger partial charge is 0.293 e. The fourth-order valence-electron chi connectivity index (χ4n) is 3.17. The third-order valence-electron chi connectivity index (χ3n) is 4.75. The number of thioether (sulfide) groups is 1. The van der Waals surface area contributed by atoms with Crippen LogP contribution in [0.2, 0.25) is 10.0 Å². The Hall–Kier alpha value is -1.27. The second-order valence-corrected chi connectivity index (χ2v) is 11.3. The lowest BCUT2D eigenvalue weighted by atomic mass is 10.1. The highest BCUT2D eigenvalue weighted by Gasteiger charge is 2.35. The largest absolute Gasteiger partial charge is 0.487 e. The van der Waals surface area contributed by atoms with Gasteiger partial charge in [-0.05, 0) is 98.4 Å². The number of amides is 2. The molecule has 4 nitrogen and oxygen atoms in total. The van der Waals surface area contributed by atoms with Crippen molar-refractivity contribution in [2.45, 2.75) is 13.2 Å². The molecule has 0 aliphatic carbocycles. The summed E-state index contributed by atoms with van der Waals surface area (Å²) in [5, 5.41) is 0.473. The summed E-state index contributed by atoms with van der Waals surface area (Å²) in [6.45, 7) is 0.525. The van der Waals surface area contributed by atoms with Crippen LogP contribution in [-0.2, 0) is 17.9 Å². The highest BCUT2D eigenvalue weighted by Crippen LogP contribution is 2.37. The molecule has 3 aromatic rings. The van der Waals surface area contributed by atoms with Crippen LogP contribution in [0.15, 0.2) is 65.6 Å². The van der Waals surface area contributed by atoms with Crippen LogP contribution in [0, 0.1) is 7.14 Å². The highest BCUT2D eigenvalue weighted by molar-refractivity contribution is 14.1. The van der Waals surface area contributed by atoms with Crippen LogP contribution in [0.5, 0.6) is 5.75 Å². The molecule has 3 aromatic carbocycles. The van der Waals surface area contributed by atoms with E-state index in [-0.39, 0.29) is 17.7 Å². The van der Waals surface area contributed by atoms with Crippen molar-refractivity contribution in [3.05, 3.63) is 99.4 Å². The average Bonchev–Trinajstić information content (AvgIpc) is 3.03. The summed E-state index contributed by atoms with van der Waals surface area (Å²) in [6, 6.07) is 18.9. The molecule has 1 aliphatic heterocycles. The topological polar surface area (TPSA) is 46.6 Å². The Labute approximate surface area is 232 Å². The molecule has 4 rings (SSSR count). The van der Waals surface area contributed by atoms with Gasteiger partial charge in [0.1, 0.15) is 12.4 Å². The number of nitrogens with zero attached hydrogens (tertiary/aromatic N) is 1. The second-order valence-electron chi connectivity index (χ2n) is 7.10. The number of ether oxygens (including phenoxy) is 1. The van der Waals surface area contributed by atoms with E-state index in [1.54, 1.807) is 24.3 Å². The lowest BCUT2D eigenvalue weighted by Gasteiger charge is -2.14. The van der Waals surface area contributed by atoms with E-state index in [1.165, 1.54) is 4.90 Å². The van der Waals surface area contributed by atoms with Gasteiger partial charge in [0, 0.05) is 9.13 Å². The first-order valence-electron chi connectivity index (χ1n) is 9.67. The quantitative estimate of drug-likeness (QED) is 0.191. The van der Waals surface area contributed by atoms with Gasteiger partial charge in [0.05, 0.1) is 25.1 Å². The molecule has 0 saturated carbocycles. The third kappa shape index (κ3) is 6.05. The molecule has 0 unspecified atom stereocenters. The maximum atomic E-state index is 13.0. The maximum absolute atomic E-state index is 13.0. The molecule has 0 atom stereocenters. The van der Waals surface area contributed by atoms with Crippen molar-refractivity contribution >= 4 is 97.4 Å². The standard InChI is InChI=1S/C24H15Cl2I2NO3S/c25-18-7-6-15(8-19(18)26)12-29-23(30)21(33-24(29)31)10-16-9-17(27)11-20(28)22(16)32-13-14-4-2-1-3-5-14/h1-11H,12-13H2/b21-10-. The van der Waals surface area contributed by atoms with Crippen LogP contribution in [0.4, 0.5) is 4.79 Å². The van der Waals surface area contributed by atoms with E-state index >= 15 is 0 Å². The van der Waals surface area contributed by atoms with Crippen LogP contribution >= 0.6 is 80.1 Å². The van der Waals surface area contributed by atoms with Crippen molar-refractivity contribution in [2.75, 3.05) is 0 Å². The van der Waals surface area contributed by atoms with E-state index in [2.05, 4.69) is 45.2 Å². The Kier molecular flexibility index (Phi) is 8.27. The van der Waals surface area contributed by atoms with Crippen LogP contribution in [-0.4, -0.2) is 16.0 Å². The second kappa shape index (κ2) is 11.0. The van der Waals surface area contributed by atoms with E-state index in [1.807, 2.05) is 42.5 Å². The zero-order valence-electron chi connectivity index (χ0n) is 16.9. The predicted molar refractivity (Wildman–Crippen MR) is 151 cm³/mol. The summed E-state index contributed by atoms with van der Waals surface area (Å²) in [7, 11) is 0. The van der Waals surface area contributed by atoms with Crippen LogP contribution in [0.1, 0.15) is 16.7 Å². The number of benzene rings is 3.